The molecule has 0 rings (SSSR count). The molecule has 0 aromatic rings. The molecule has 0 aliphatic rings. The summed E-state index contributed by atoms with van der Waals surface area (Å²) in [4.78, 5) is 72.5. The standard InChI is InChI=1S/C72H140O17P2/c1-7-9-11-13-15-17-19-20-21-22-23-24-25-26-27-29-31-37-45-51-57-72(77)88-67(60-82-69(74)54-48-42-35-33-32-34-40-46-52-64(3)4)62-86-90(78,79)84-58-66(73)59-85-91(80,81)87-63-68(61-83-70(75)55-49-43-39-38-41-47-53-65(5)6)89-71(76)56-50-44-36-30-28-18-16-14-12-10-8-2/h64-68,73H,7-63H2,1-6H3,(H,78,79)(H,80,81)/t66-,67-,68-/m1/s1. The average molecular weight is 1340 g/mol. The minimum absolute atomic E-state index is 0.106. The molecule has 0 amide bonds. The summed E-state index contributed by atoms with van der Waals surface area (Å²) in [6, 6.07) is 0. The Kier molecular flexibility index (Phi) is 62.7. The lowest BCUT2D eigenvalue weighted by atomic mass is 10.0. The molecule has 2 unspecified atom stereocenters. The highest BCUT2D eigenvalue weighted by molar-refractivity contribution is 7.47. The maximum Gasteiger partial charge on any atom is 0.472 e. The molecule has 5 atom stereocenters. The van der Waals surface area contributed by atoms with Crippen LogP contribution in [0.4, 0.5) is 0 Å². The second-order valence-electron chi connectivity index (χ2n) is 26.9. The fourth-order valence-electron chi connectivity index (χ4n) is 10.9. The van der Waals surface area contributed by atoms with Gasteiger partial charge in [0.2, 0.25) is 0 Å². The van der Waals surface area contributed by atoms with Gasteiger partial charge in [0.1, 0.15) is 19.3 Å². The summed E-state index contributed by atoms with van der Waals surface area (Å²) in [7, 11) is -9.90. The average Bonchev–Trinajstić information content (AvgIpc) is 3.14. The molecule has 3 N–H and O–H groups in total. The van der Waals surface area contributed by atoms with Crippen LogP contribution in [0, 0.1) is 11.8 Å². The monoisotopic (exact) mass is 1340 g/mol. The first-order chi connectivity index (χ1) is 43.9. The van der Waals surface area contributed by atoms with Crippen LogP contribution < -0.4 is 0 Å². The molecule has 91 heavy (non-hydrogen) atoms. The lowest BCUT2D eigenvalue weighted by Crippen LogP contribution is -2.30. The second kappa shape index (κ2) is 64.1. The first-order valence-corrected chi connectivity index (χ1v) is 40.5. The molecule has 0 aromatic carbocycles. The fraction of sp³-hybridized carbons (Fsp3) is 0.944. The van der Waals surface area contributed by atoms with E-state index in [9.17, 15) is 43.2 Å². The molecule has 0 fully saturated rings. The summed E-state index contributed by atoms with van der Waals surface area (Å²) < 4.78 is 68.3. The topological polar surface area (TPSA) is 237 Å². The molecule has 0 aliphatic carbocycles. The Morgan fingerprint density at radius 1 is 0.297 bits per heavy atom. The van der Waals surface area contributed by atoms with Gasteiger partial charge >= 0.3 is 39.5 Å². The number of esters is 4. The van der Waals surface area contributed by atoms with Gasteiger partial charge < -0.3 is 33.8 Å². The summed E-state index contributed by atoms with van der Waals surface area (Å²) in [6.07, 6.45) is 50.3. The van der Waals surface area contributed by atoms with E-state index in [0.29, 0.717) is 31.6 Å². The van der Waals surface area contributed by atoms with Gasteiger partial charge in [-0.05, 0) is 37.5 Å². The Bertz CT molecular complexity index is 1770. The van der Waals surface area contributed by atoms with Crippen molar-refractivity contribution in [3.05, 3.63) is 0 Å². The maximum absolute atomic E-state index is 13.0. The molecule has 0 saturated carbocycles. The number of hydrogen-bond acceptors (Lipinski definition) is 15. The highest BCUT2D eigenvalue weighted by atomic mass is 31.2. The molecule has 0 heterocycles. The van der Waals surface area contributed by atoms with Crippen molar-refractivity contribution in [3.63, 3.8) is 0 Å². The summed E-state index contributed by atoms with van der Waals surface area (Å²) in [5, 5.41) is 10.6. The van der Waals surface area contributed by atoms with Gasteiger partial charge in [-0.3, -0.25) is 37.3 Å². The molecule has 0 radical (unpaired) electrons. The van der Waals surface area contributed by atoms with Gasteiger partial charge in [-0.15, -0.1) is 0 Å². The molecule has 0 bridgehead atoms. The van der Waals surface area contributed by atoms with E-state index in [4.69, 9.17) is 37.0 Å². The van der Waals surface area contributed by atoms with E-state index in [1.165, 1.54) is 180 Å². The van der Waals surface area contributed by atoms with Crippen LogP contribution in [0.5, 0.6) is 0 Å². The van der Waals surface area contributed by atoms with Crippen LogP contribution in [0.25, 0.3) is 0 Å². The number of aliphatic hydroxyl groups excluding tert-OH is 1. The number of carbonyl (C=O) groups is 4. The fourth-order valence-corrected chi connectivity index (χ4v) is 12.5. The number of phosphoric acid groups is 2. The van der Waals surface area contributed by atoms with Crippen molar-refractivity contribution < 1.29 is 80.2 Å². The van der Waals surface area contributed by atoms with Gasteiger partial charge in [0.25, 0.3) is 0 Å². The molecule has 0 spiro atoms. The third-order valence-electron chi connectivity index (χ3n) is 16.7. The lowest BCUT2D eigenvalue weighted by molar-refractivity contribution is -0.161. The third-order valence-corrected chi connectivity index (χ3v) is 18.6. The van der Waals surface area contributed by atoms with Crippen molar-refractivity contribution >= 4 is 39.5 Å². The van der Waals surface area contributed by atoms with Crippen LogP contribution in [0.15, 0.2) is 0 Å². The zero-order chi connectivity index (χ0) is 67.2. The molecule has 540 valence electrons. The molecule has 0 saturated heterocycles. The van der Waals surface area contributed by atoms with Crippen molar-refractivity contribution in [1.82, 2.24) is 0 Å². The Morgan fingerprint density at radius 3 is 0.747 bits per heavy atom. The van der Waals surface area contributed by atoms with E-state index < -0.39 is 97.5 Å². The van der Waals surface area contributed by atoms with Gasteiger partial charge in [0, 0.05) is 25.7 Å². The van der Waals surface area contributed by atoms with E-state index >= 15 is 0 Å². The van der Waals surface area contributed by atoms with Gasteiger partial charge in [-0.1, -0.05) is 318 Å². The van der Waals surface area contributed by atoms with Crippen LogP contribution in [-0.4, -0.2) is 96.7 Å². The summed E-state index contributed by atoms with van der Waals surface area (Å²) in [6.45, 7) is 9.44. The largest absolute Gasteiger partial charge is 0.472 e. The predicted molar refractivity (Wildman–Crippen MR) is 368 cm³/mol. The molecular weight excluding hydrogens is 1200 g/mol. The maximum atomic E-state index is 13.0. The number of phosphoric ester groups is 2. The Labute approximate surface area is 556 Å². The van der Waals surface area contributed by atoms with Gasteiger partial charge in [-0.25, -0.2) is 9.13 Å². The zero-order valence-electron chi connectivity index (χ0n) is 59.1. The number of unbranched alkanes of at least 4 members (excludes halogenated alkanes) is 41. The van der Waals surface area contributed by atoms with Crippen LogP contribution in [0.2, 0.25) is 0 Å². The molecule has 17 nitrogen and oxygen atoms in total. The SMILES string of the molecule is CCCCCCCCCCCCCCCCCCCCCCC(=O)O[C@H](COC(=O)CCCCCCCCCCC(C)C)COP(=O)(O)OC[C@@H](O)COP(=O)(O)OC[C@@H](COC(=O)CCCCCCCCC(C)C)OC(=O)CCCCCCCCCCCCC. The quantitative estimate of drug-likeness (QED) is 0.0222. The van der Waals surface area contributed by atoms with Crippen LogP contribution in [-0.2, 0) is 65.4 Å². The number of carbonyl (C=O) groups excluding carboxylic acids is 4. The molecule has 19 heteroatoms. The normalized spacial score (nSPS) is 14.1. The number of aliphatic hydroxyl groups is 1. The second-order valence-corrected chi connectivity index (χ2v) is 29.8. The number of rotatable bonds is 71. The first-order valence-electron chi connectivity index (χ1n) is 37.5. The van der Waals surface area contributed by atoms with Crippen molar-refractivity contribution in [2.45, 2.75) is 387 Å². The highest BCUT2D eigenvalue weighted by Crippen LogP contribution is 2.45. The minimum Gasteiger partial charge on any atom is -0.462 e. The van der Waals surface area contributed by atoms with Crippen LogP contribution in [0.3, 0.4) is 0 Å². The van der Waals surface area contributed by atoms with Crippen LogP contribution in [0.1, 0.15) is 369 Å². The summed E-state index contributed by atoms with van der Waals surface area (Å²) in [5.41, 5.74) is 0. The summed E-state index contributed by atoms with van der Waals surface area (Å²) >= 11 is 0. The predicted octanol–water partition coefficient (Wildman–Crippen LogP) is 20.8. The highest BCUT2D eigenvalue weighted by Gasteiger charge is 2.30. The van der Waals surface area contributed by atoms with E-state index in [1.807, 2.05) is 0 Å². The number of ether oxygens (including phenoxy) is 4. The minimum atomic E-state index is -4.95. The van der Waals surface area contributed by atoms with E-state index in [2.05, 4.69) is 41.5 Å². The van der Waals surface area contributed by atoms with Gasteiger partial charge in [0.05, 0.1) is 26.4 Å². The summed E-state index contributed by atoms with van der Waals surface area (Å²) in [5.74, 6) is -0.719. The van der Waals surface area contributed by atoms with Crippen molar-refractivity contribution in [1.29, 1.82) is 0 Å². The zero-order valence-corrected chi connectivity index (χ0v) is 60.9. The third kappa shape index (κ3) is 66.5. The Hall–Kier alpha value is -1.94. The lowest BCUT2D eigenvalue weighted by Gasteiger charge is -2.21. The molecule has 0 aliphatic heterocycles. The smallest absolute Gasteiger partial charge is 0.462 e. The van der Waals surface area contributed by atoms with E-state index in [-0.39, 0.29) is 25.7 Å². The Morgan fingerprint density at radius 2 is 0.505 bits per heavy atom. The first kappa shape index (κ1) is 89.1. The van der Waals surface area contributed by atoms with E-state index in [0.717, 1.165) is 102 Å². The van der Waals surface area contributed by atoms with Crippen LogP contribution >= 0.6 is 15.6 Å². The van der Waals surface area contributed by atoms with Crippen molar-refractivity contribution in [2.24, 2.45) is 11.8 Å². The van der Waals surface area contributed by atoms with Gasteiger partial charge in [-0.2, -0.15) is 0 Å². The number of hydrogen-bond donors (Lipinski definition) is 3. The molecule has 0 aromatic heterocycles. The van der Waals surface area contributed by atoms with Crippen molar-refractivity contribution in [3.8, 4) is 0 Å². The van der Waals surface area contributed by atoms with Gasteiger partial charge in [0.15, 0.2) is 12.2 Å². The van der Waals surface area contributed by atoms with Crippen molar-refractivity contribution in [2.75, 3.05) is 39.6 Å². The molecular formula is C72H140O17P2. The Balaban J connectivity index is 5.18. The van der Waals surface area contributed by atoms with E-state index in [1.54, 1.807) is 0 Å².